The van der Waals surface area contributed by atoms with Crippen molar-refractivity contribution in [2.75, 3.05) is 0 Å². The summed E-state index contributed by atoms with van der Waals surface area (Å²) < 4.78 is 0. The van der Waals surface area contributed by atoms with Crippen LogP contribution in [0.4, 0.5) is 0 Å². The Hall–Kier alpha value is -0.0100. The molecular weight excluding hydrogens is 152 g/mol. The van der Waals surface area contributed by atoms with Gasteiger partial charge in [-0.2, -0.15) is 0 Å². The standard InChI is InChI=1S/C7H9ClS/c1-2-6-3-4-7(5-8)9-6/h3-4H,2,5H2,1H3. The van der Waals surface area contributed by atoms with E-state index < -0.39 is 0 Å². The maximum atomic E-state index is 5.61. The van der Waals surface area contributed by atoms with Gasteiger partial charge >= 0.3 is 0 Å². The average molecular weight is 161 g/mol. The van der Waals surface area contributed by atoms with Crippen molar-refractivity contribution >= 4 is 22.9 Å². The van der Waals surface area contributed by atoms with Gasteiger partial charge in [0, 0.05) is 9.75 Å². The van der Waals surface area contributed by atoms with E-state index in [4.69, 9.17) is 11.6 Å². The van der Waals surface area contributed by atoms with Crippen molar-refractivity contribution in [1.29, 1.82) is 0 Å². The van der Waals surface area contributed by atoms with Crippen LogP contribution in [0.15, 0.2) is 12.1 Å². The Morgan fingerprint density at radius 3 is 2.44 bits per heavy atom. The molecule has 1 aromatic rings. The largest absolute Gasteiger partial charge is 0.144 e. The monoisotopic (exact) mass is 160 g/mol. The van der Waals surface area contributed by atoms with Crippen LogP contribution >= 0.6 is 22.9 Å². The number of hydrogen-bond donors (Lipinski definition) is 0. The number of halogens is 1. The summed E-state index contributed by atoms with van der Waals surface area (Å²) >= 11 is 7.41. The second-order valence-electron chi connectivity index (χ2n) is 1.86. The summed E-state index contributed by atoms with van der Waals surface area (Å²) in [5.41, 5.74) is 0. The van der Waals surface area contributed by atoms with Gasteiger partial charge in [0.1, 0.15) is 0 Å². The first-order valence-corrected chi connectivity index (χ1v) is 4.35. The fourth-order valence-corrected chi connectivity index (χ4v) is 1.74. The fourth-order valence-electron chi connectivity index (χ4n) is 0.684. The van der Waals surface area contributed by atoms with E-state index in [0.717, 1.165) is 6.42 Å². The molecule has 0 fully saturated rings. The molecule has 9 heavy (non-hydrogen) atoms. The summed E-state index contributed by atoms with van der Waals surface area (Å²) in [6.07, 6.45) is 1.13. The van der Waals surface area contributed by atoms with Crippen molar-refractivity contribution in [2.24, 2.45) is 0 Å². The van der Waals surface area contributed by atoms with Crippen LogP contribution in [-0.2, 0) is 12.3 Å². The second kappa shape index (κ2) is 3.23. The highest BCUT2D eigenvalue weighted by molar-refractivity contribution is 7.12. The molecule has 0 amide bonds. The van der Waals surface area contributed by atoms with E-state index in [2.05, 4.69) is 19.1 Å². The normalized spacial score (nSPS) is 10.0. The minimum Gasteiger partial charge on any atom is -0.144 e. The lowest BCUT2D eigenvalue weighted by molar-refractivity contribution is 1.19. The lowest BCUT2D eigenvalue weighted by Gasteiger charge is -1.83. The van der Waals surface area contributed by atoms with Crippen molar-refractivity contribution < 1.29 is 0 Å². The second-order valence-corrected chi connectivity index (χ2v) is 3.38. The highest BCUT2D eigenvalue weighted by atomic mass is 35.5. The summed E-state index contributed by atoms with van der Waals surface area (Å²) in [6, 6.07) is 4.23. The Morgan fingerprint density at radius 1 is 1.44 bits per heavy atom. The van der Waals surface area contributed by atoms with Crippen LogP contribution in [0.3, 0.4) is 0 Å². The van der Waals surface area contributed by atoms with Crippen LogP contribution in [0.5, 0.6) is 0 Å². The quantitative estimate of drug-likeness (QED) is 0.584. The van der Waals surface area contributed by atoms with E-state index in [1.807, 2.05) is 0 Å². The molecule has 0 aliphatic heterocycles. The molecule has 0 N–H and O–H groups in total. The van der Waals surface area contributed by atoms with Crippen molar-refractivity contribution in [3.8, 4) is 0 Å². The van der Waals surface area contributed by atoms with Crippen molar-refractivity contribution in [3.63, 3.8) is 0 Å². The molecule has 1 rings (SSSR count). The summed E-state index contributed by atoms with van der Waals surface area (Å²) in [6.45, 7) is 2.16. The molecule has 1 heterocycles. The summed E-state index contributed by atoms with van der Waals surface area (Å²) in [4.78, 5) is 2.69. The van der Waals surface area contributed by atoms with Gasteiger partial charge in [-0.1, -0.05) is 6.92 Å². The summed E-state index contributed by atoms with van der Waals surface area (Å²) in [5, 5.41) is 0. The average Bonchev–Trinajstić information content (AvgIpc) is 2.34. The smallest absolute Gasteiger partial charge is 0.0568 e. The highest BCUT2D eigenvalue weighted by Crippen LogP contribution is 2.17. The third-order valence-corrected chi connectivity index (χ3v) is 2.87. The Labute approximate surface area is 64.5 Å². The number of alkyl halides is 1. The third-order valence-electron chi connectivity index (χ3n) is 1.20. The van der Waals surface area contributed by atoms with E-state index in [0.29, 0.717) is 5.88 Å². The first kappa shape index (κ1) is 7.10. The number of rotatable bonds is 2. The van der Waals surface area contributed by atoms with Crippen LogP contribution in [0.25, 0.3) is 0 Å². The maximum Gasteiger partial charge on any atom is 0.0568 e. The number of hydrogen-bond acceptors (Lipinski definition) is 1. The molecule has 50 valence electrons. The van der Waals surface area contributed by atoms with Gasteiger partial charge in [0.15, 0.2) is 0 Å². The molecule has 2 heteroatoms. The summed E-state index contributed by atoms with van der Waals surface area (Å²) in [5.74, 6) is 0.657. The SMILES string of the molecule is CCc1ccc(CCl)s1. The molecule has 0 atom stereocenters. The maximum absolute atomic E-state index is 5.61. The van der Waals surface area contributed by atoms with Crippen molar-refractivity contribution in [1.82, 2.24) is 0 Å². The predicted molar refractivity (Wildman–Crippen MR) is 43.3 cm³/mol. The van der Waals surface area contributed by atoms with E-state index >= 15 is 0 Å². The molecule has 0 saturated heterocycles. The molecule has 0 radical (unpaired) electrons. The van der Waals surface area contributed by atoms with Gasteiger partial charge in [-0.05, 0) is 18.6 Å². The molecule has 0 saturated carbocycles. The number of aryl methyl sites for hydroxylation is 1. The minimum absolute atomic E-state index is 0.657. The highest BCUT2D eigenvalue weighted by Gasteiger charge is 1.94. The molecule has 0 aliphatic rings. The third kappa shape index (κ3) is 1.70. The lowest BCUT2D eigenvalue weighted by atomic mass is 10.4. The van der Waals surface area contributed by atoms with E-state index in [1.165, 1.54) is 9.75 Å². The Balaban J connectivity index is 2.74. The zero-order valence-corrected chi connectivity index (χ0v) is 6.93. The Kier molecular flexibility index (Phi) is 2.55. The lowest BCUT2D eigenvalue weighted by Crippen LogP contribution is -1.64. The molecular formula is C7H9ClS. The first-order chi connectivity index (χ1) is 4.36. The van der Waals surface area contributed by atoms with Gasteiger partial charge in [-0.15, -0.1) is 22.9 Å². The topological polar surface area (TPSA) is 0 Å². The molecule has 0 bridgehead atoms. The molecule has 0 nitrogen and oxygen atoms in total. The number of thiophene rings is 1. The molecule has 0 aliphatic carbocycles. The van der Waals surface area contributed by atoms with Crippen LogP contribution in [0.1, 0.15) is 16.7 Å². The molecule has 1 aromatic heterocycles. The molecule has 0 aromatic carbocycles. The zero-order valence-electron chi connectivity index (χ0n) is 5.36. The molecule has 0 spiro atoms. The van der Waals surface area contributed by atoms with Crippen LogP contribution in [0, 0.1) is 0 Å². The first-order valence-electron chi connectivity index (χ1n) is 3.00. The Bertz CT molecular complexity index is 162. The van der Waals surface area contributed by atoms with Crippen LogP contribution in [0.2, 0.25) is 0 Å². The van der Waals surface area contributed by atoms with Gasteiger partial charge in [0.2, 0.25) is 0 Å². The van der Waals surface area contributed by atoms with Crippen LogP contribution < -0.4 is 0 Å². The van der Waals surface area contributed by atoms with Gasteiger partial charge < -0.3 is 0 Å². The summed E-state index contributed by atoms with van der Waals surface area (Å²) in [7, 11) is 0. The fraction of sp³-hybridized carbons (Fsp3) is 0.429. The van der Waals surface area contributed by atoms with E-state index in [9.17, 15) is 0 Å². The Morgan fingerprint density at radius 2 is 2.11 bits per heavy atom. The van der Waals surface area contributed by atoms with E-state index in [-0.39, 0.29) is 0 Å². The van der Waals surface area contributed by atoms with Crippen molar-refractivity contribution in [2.45, 2.75) is 19.2 Å². The van der Waals surface area contributed by atoms with Gasteiger partial charge in [0.25, 0.3) is 0 Å². The van der Waals surface area contributed by atoms with Gasteiger partial charge in [0.05, 0.1) is 5.88 Å². The van der Waals surface area contributed by atoms with Gasteiger partial charge in [-0.25, -0.2) is 0 Å². The minimum atomic E-state index is 0.657. The molecule has 0 unspecified atom stereocenters. The predicted octanol–water partition coefficient (Wildman–Crippen LogP) is 3.05. The van der Waals surface area contributed by atoms with Crippen molar-refractivity contribution in [3.05, 3.63) is 21.9 Å². The van der Waals surface area contributed by atoms with Gasteiger partial charge in [-0.3, -0.25) is 0 Å². The van der Waals surface area contributed by atoms with E-state index in [1.54, 1.807) is 11.3 Å². The van der Waals surface area contributed by atoms with Crippen LogP contribution in [-0.4, -0.2) is 0 Å². The zero-order chi connectivity index (χ0) is 6.69.